The van der Waals surface area contributed by atoms with Crippen LogP contribution in [0.3, 0.4) is 0 Å². The van der Waals surface area contributed by atoms with Crippen LogP contribution in [-0.2, 0) is 0 Å². The van der Waals surface area contributed by atoms with E-state index in [1.807, 2.05) is 37.4 Å². The predicted molar refractivity (Wildman–Crippen MR) is 93.6 cm³/mol. The fourth-order valence-electron chi connectivity index (χ4n) is 2.44. The van der Waals surface area contributed by atoms with Crippen molar-refractivity contribution in [3.8, 4) is 0 Å². The van der Waals surface area contributed by atoms with Crippen LogP contribution in [0, 0.1) is 0 Å². The zero-order valence-corrected chi connectivity index (χ0v) is 13.8. The summed E-state index contributed by atoms with van der Waals surface area (Å²) in [6.45, 7) is 2.63. The Kier molecular flexibility index (Phi) is 4.81. The van der Waals surface area contributed by atoms with E-state index in [1.165, 1.54) is 0 Å². The van der Waals surface area contributed by atoms with Crippen molar-refractivity contribution in [2.75, 3.05) is 39.0 Å². The molecule has 1 aliphatic heterocycles. The van der Waals surface area contributed by atoms with Gasteiger partial charge in [-0.1, -0.05) is 18.2 Å². The summed E-state index contributed by atoms with van der Waals surface area (Å²) in [5.74, 6) is 0.589. The molecule has 1 fully saturated rings. The zero-order chi connectivity index (χ0) is 16.9. The Labute approximate surface area is 141 Å². The molecule has 1 saturated heterocycles. The van der Waals surface area contributed by atoms with E-state index in [0.717, 1.165) is 25.5 Å². The summed E-state index contributed by atoms with van der Waals surface area (Å²) in [4.78, 5) is 21.5. The smallest absolute Gasteiger partial charge is 0.278 e. The molecular weight excluding hydrogens is 304 g/mol. The fourth-order valence-corrected chi connectivity index (χ4v) is 2.44. The molecular formula is C17H20N6O. The number of aliphatic imine (C=N–C) groups is 1. The first-order chi connectivity index (χ1) is 11.6. The van der Waals surface area contributed by atoms with Crippen molar-refractivity contribution >= 4 is 23.1 Å². The Morgan fingerprint density at radius 3 is 2.75 bits per heavy atom. The topological polar surface area (TPSA) is 73.7 Å². The average Bonchev–Trinajstić information content (AvgIpc) is 2.59. The first kappa shape index (κ1) is 16.1. The van der Waals surface area contributed by atoms with Crippen LogP contribution >= 0.6 is 0 Å². The third-order valence-electron chi connectivity index (χ3n) is 3.86. The van der Waals surface area contributed by atoms with E-state index in [-0.39, 0.29) is 11.6 Å². The molecule has 0 spiro atoms. The summed E-state index contributed by atoms with van der Waals surface area (Å²) in [5, 5.41) is 10.6. The van der Waals surface area contributed by atoms with Crippen LogP contribution in [0.25, 0.3) is 0 Å². The lowest BCUT2D eigenvalue weighted by molar-refractivity contribution is 0.102. The number of carbonyl (C=O) groups excluding carboxylic acids is 1. The normalized spacial score (nSPS) is 17.1. The van der Waals surface area contributed by atoms with Crippen molar-refractivity contribution in [1.29, 1.82) is 0 Å². The van der Waals surface area contributed by atoms with Gasteiger partial charge in [-0.05, 0) is 25.2 Å². The van der Waals surface area contributed by atoms with Gasteiger partial charge in [0, 0.05) is 25.8 Å². The summed E-state index contributed by atoms with van der Waals surface area (Å²) in [6, 6.07) is 11.0. The van der Waals surface area contributed by atoms with Gasteiger partial charge in [-0.3, -0.25) is 9.69 Å². The van der Waals surface area contributed by atoms with Gasteiger partial charge in [0.2, 0.25) is 0 Å². The first-order valence-electron chi connectivity index (χ1n) is 7.79. The predicted octanol–water partition coefficient (Wildman–Crippen LogP) is 1.64. The van der Waals surface area contributed by atoms with E-state index in [4.69, 9.17) is 0 Å². The number of carbonyl (C=O) groups is 1. The molecule has 1 aliphatic rings. The van der Waals surface area contributed by atoms with Crippen LogP contribution < -0.4 is 5.32 Å². The number of piperazine rings is 1. The fraction of sp³-hybridized carbons (Fsp3) is 0.294. The van der Waals surface area contributed by atoms with E-state index < -0.39 is 0 Å². The van der Waals surface area contributed by atoms with E-state index in [9.17, 15) is 4.79 Å². The van der Waals surface area contributed by atoms with Gasteiger partial charge in [-0.2, -0.15) is 5.10 Å². The third-order valence-corrected chi connectivity index (χ3v) is 3.86. The lowest BCUT2D eigenvalue weighted by Gasteiger charge is -2.32. The molecule has 3 rings (SSSR count). The van der Waals surface area contributed by atoms with Gasteiger partial charge >= 0.3 is 0 Å². The molecule has 124 valence electrons. The van der Waals surface area contributed by atoms with Gasteiger partial charge in [0.1, 0.15) is 5.84 Å². The molecule has 1 amide bonds. The highest BCUT2D eigenvalue weighted by molar-refractivity contribution is 6.06. The average molecular weight is 324 g/mol. The molecule has 0 saturated carbocycles. The van der Waals surface area contributed by atoms with Crippen molar-refractivity contribution in [1.82, 2.24) is 20.0 Å². The van der Waals surface area contributed by atoms with Gasteiger partial charge in [-0.15, -0.1) is 5.10 Å². The molecule has 1 aromatic heterocycles. The Balaban J connectivity index is 1.86. The van der Waals surface area contributed by atoms with E-state index in [2.05, 4.69) is 37.4 Å². The number of likely N-dealkylation sites (N-methyl/N-ethyl adjacent to an activating group) is 2. The number of benzene rings is 1. The maximum Gasteiger partial charge on any atom is 0.278 e. The monoisotopic (exact) mass is 324 g/mol. The number of hydrogen-bond donors (Lipinski definition) is 1. The zero-order valence-electron chi connectivity index (χ0n) is 13.8. The first-order valence-corrected chi connectivity index (χ1v) is 7.79. The number of nitrogens with one attached hydrogen (secondary N) is 1. The van der Waals surface area contributed by atoms with E-state index >= 15 is 0 Å². The summed E-state index contributed by atoms with van der Waals surface area (Å²) < 4.78 is 0. The number of aromatic nitrogens is 2. The lowest BCUT2D eigenvalue weighted by Crippen LogP contribution is -2.46. The van der Waals surface area contributed by atoms with E-state index in [0.29, 0.717) is 11.4 Å². The molecule has 0 aliphatic carbocycles. The molecule has 7 nitrogen and oxygen atoms in total. The molecule has 2 heterocycles. The van der Waals surface area contributed by atoms with E-state index in [1.54, 1.807) is 12.3 Å². The largest absolute Gasteiger partial charge is 0.361 e. The number of anilines is 1. The van der Waals surface area contributed by atoms with Crippen LogP contribution in [-0.4, -0.2) is 65.5 Å². The van der Waals surface area contributed by atoms with Crippen LogP contribution in [0.5, 0.6) is 0 Å². The second-order valence-corrected chi connectivity index (χ2v) is 5.77. The third kappa shape index (κ3) is 3.75. The Morgan fingerprint density at radius 2 is 1.96 bits per heavy atom. The Morgan fingerprint density at radius 1 is 1.17 bits per heavy atom. The van der Waals surface area contributed by atoms with Crippen LogP contribution in [0.1, 0.15) is 10.5 Å². The summed E-state index contributed by atoms with van der Waals surface area (Å²) in [6.07, 6.45) is 1.55. The number of para-hydroxylation sites is 1. The van der Waals surface area contributed by atoms with Gasteiger partial charge in [0.15, 0.2) is 5.69 Å². The van der Waals surface area contributed by atoms with Gasteiger partial charge in [-0.25, -0.2) is 4.99 Å². The minimum Gasteiger partial charge on any atom is -0.361 e. The summed E-state index contributed by atoms with van der Waals surface area (Å²) in [5.41, 5.74) is 1.45. The van der Waals surface area contributed by atoms with Gasteiger partial charge in [0.05, 0.1) is 18.4 Å². The van der Waals surface area contributed by atoms with Crippen molar-refractivity contribution in [2.24, 2.45) is 4.99 Å². The minimum absolute atomic E-state index is 0.218. The SMILES string of the molecule is CN1CCN(C)/C(=N/c2ccnnc2C(=O)Nc2ccccc2)C1. The minimum atomic E-state index is -0.319. The number of nitrogens with zero attached hydrogens (tertiary/aromatic N) is 5. The highest BCUT2D eigenvalue weighted by Gasteiger charge is 2.19. The lowest BCUT2D eigenvalue weighted by atomic mass is 10.2. The highest BCUT2D eigenvalue weighted by Crippen LogP contribution is 2.19. The standard InChI is InChI=1S/C17H20N6O/c1-22-10-11-23(2)15(12-22)20-14-8-9-18-21-16(14)17(24)19-13-6-4-3-5-7-13/h3-9H,10-12H2,1-2H3,(H,19,24)/b20-15+. The molecule has 2 aromatic rings. The molecule has 24 heavy (non-hydrogen) atoms. The molecule has 0 radical (unpaired) electrons. The number of amidine groups is 1. The van der Waals surface area contributed by atoms with Gasteiger partial charge < -0.3 is 10.2 Å². The van der Waals surface area contributed by atoms with Crippen LogP contribution in [0.15, 0.2) is 47.6 Å². The Bertz CT molecular complexity index is 746. The second kappa shape index (κ2) is 7.18. The molecule has 0 atom stereocenters. The molecule has 0 bridgehead atoms. The van der Waals surface area contributed by atoms with Crippen molar-refractivity contribution < 1.29 is 4.79 Å². The van der Waals surface area contributed by atoms with Crippen LogP contribution in [0.4, 0.5) is 11.4 Å². The summed E-state index contributed by atoms with van der Waals surface area (Å²) >= 11 is 0. The molecule has 1 aromatic carbocycles. The quantitative estimate of drug-likeness (QED) is 0.929. The van der Waals surface area contributed by atoms with Gasteiger partial charge in [0.25, 0.3) is 5.91 Å². The molecule has 0 unspecified atom stereocenters. The number of amides is 1. The van der Waals surface area contributed by atoms with Crippen molar-refractivity contribution in [3.05, 3.63) is 48.3 Å². The maximum absolute atomic E-state index is 12.5. The highest BCUT2D eigenvalue weighted by atomic mass is 16.1. The summed E-state index contributed by atoms with van der Waals surface area (Å²) in [7, 11) is 4.06. The van der Waals surface area contributed by atoms with Crippen molar-refractivity contribution in [2.45, 2.75) is 0 Å². The Hall–Kier alpha value is -2.80. The van der Waals surface area contributed by atoms with Crippen molar-refractivity contribution in [3.63, 3.8) is 0 Å². The molecule has 7 heteroatoms. The van der Waals surface area contributed by atoms with Crippen LogP contribution in [0.2, 0.25) is 0 Å². The number of rotatable bonds is 3. The second-order valence-electron chi connectivity index (χ2n) is 5.77. The molecule has 1 N–H and O–H groups in total. The maximum atomic E-state index is 12.5. The number of hydrogen-bond acceptors (Lipinski definition) is 5.